The van der Waals surface area contributed by atoms with Gasteiger partial charge in [-0.25, -0.2) is 4.79 Å². The van der Waals surface area contributed by atoms with E-state index in [2.05, 4.69) is 60.7 Å². The standard InChI is InChI=1S/C37H43NO5/c1-37(2,3)43-36(39)38-21-20-34(35(25-38)42-27-29-14-15-30-12-7-8-13-32(30)24-29)31-16-18-33(19-17-31)41-23-9-22-40-26-28-10-5-4-6-11-28/h4-8,10-19,24,34-35H,9,20-23,25-27H2,1-3H3. The van der Waals surface area contributed by atoms with Gasteiger partial charge in [0.1, 0.15) is 11.4 Å². The Bertz CT molecular complexity index is 1450. The second kappa shape index (κ2) is 14.5. The summed E-state index contributed by atoms with van der Waals surface area (Å²) < 4.78 is 24.0. The number of hydrogen-bond donors (Lipinski definition) is 0. The minimum atomic E-state index is -0.542. The number of amides is 1. The lowest BCUT2D eigenvalue weighted by Crippen LogP contribution is -2.48. The van der Waals surface area contributed by atoms with E-state index in [9.17, 15) is 4.79 Å². The Hall–Kier alpha value is -3.87. The van der Waals surface area contributed by atoms with Crippen LogP contribution < -0.4 is 4.74 Å². The molecule has 0 saturated carbocycles. The first-order valence-corrected chi connectivity index (χ1v) is 15.3. The molecule has 0 aliphatic carbocycles. The Balaban J connectivity index is 1.18. The second-order valence-corrected chi connectivity index (χ2v) is 12.2. The maximum atomic E-state index is 12.9. The molecule has 0 spiro atoms. The number of benzene rings is 4. The molecule has 2 unspecified atom stereocenters. The predicted octanol–water partition coefficient (Wildman–Crippen LogP) is 8.14. The van der Waals surface area contributed by atoms with Crippen LogP contribution in [0.1, 0.15) is 56.2 Å². The molecule has 0 N–H and O–H groups in total. The molecule has 2 atom stereocenters. The third kappa shape index (κ3) is 9.06. The number of likely N-dealkylation sites (tertiary alicyclic amines) is 1. The van der Waals surface area contributed by atoms with E-state index in [4.69, 9.17) is 18.9 Å². The largest absolute Gasteiger partial charge is 0.494 e. The number of ether oxygens (including phenoxy) is 4. The molecule has 6 heteroatoms. The summed E-state index contributed by atoms with van der Waals surface area (Å²) in [6.45, 7) is 9.13. The molecule has 4 aromatic carbocycles. The Morgan fingerprint density at radius 3 is 2.33 bits per heavy atom. The normalized spacial score (nSPS) is 17.1. The van der Waals surface area contributed by atoms with Crippen LogP contribution in [-0.2, 0) is 27.4 Å². The van der Waals surface area contributed by atoms with Crippen molar-refractivity contribution in [2.24, 2.45) is 0 Å². The lowest BCUT2D eigenvalue weighted by Gasteiger charge is -2.39. The van der Waals surface area contributed by atoms with Crippen LogP contribution in [0.3, 0.4) is 0 Å². The van der Waals surface area contributed by atoms with Crippen molar-refractivity contribution in [2.45, 2.75) is 64.4 Å². The number of hydrogen-bond acceptors (Lipinski definition) is 5. The van der Waals surface area contributed by atoms with Gasteiger partial charge < -0.3 is 23.8 Å². The van der Waals surface area contributed by atoms with Gasteiger partial charge in [0.05, 0.1) is 39.1 Å². The van der Waals surface area contributed by atoms with E-state index in [0.29, 0.717) is 39.5 Å². The Morgan fingerprint density at radius 1 is 0.814 bits per heavy atom. The van der Waals surface area contributed by atoms with Gasteiger partial charge in [0, 0.05) is 18.9 Å². The highest BCUT2D eigenvalue weighted by Crippen LogP contribution is 2.33. The fourth-order valence-corrected chi connectivity index (χ4v) is 5.42. The number of carbonyl (C=O) groups is 1. The molecule has 4 aromatic rings. The van der Waals surface area contributed by atoms with E-state index >= 15 is 0 Å². The molecule has 1 heterocycles. The fraction of sp³-hybridized carbons (Fsp3) is 0.378. The van der Waals surface area contributed by atoms with E-state index < -0.39 is 5.60 Å². The van der Waals surface area contributed by atoms with Crippen molar-refractivity contribution < 1.29 is 23.7 Å². The molecule has 1 amide bonds. The van der Waals surface area contributed by atoms with Gasteiger partial charge in [-0.3, -0.25) is 0 Å². The maximum Gasteiger partial charge on any atom is 0.410 e. The first-order chi connectivity index (χ1) is 20.8. The quantitative estimate of drug-likeness (QED) is 0.167. The van der Waals surface area contributed by atoms with Crippen molar-refractivity contribution >= 4 is 16.9 Å². The first-order valence-electron chi connectivity index (χ1n) is 15.3. The van der Waals surface area contributed by atoms with Gasteiger partial charge in [-0.05, 0) is 72.9 Å². The lowest BCUT2D eigenvalue weighted by atomic mass is 9.87. The Labute approximate surface area is 255 Å². The van der Waals surface area contributed by atoms with Crippen LogP contribution in [0.2, 0.25) is 0 Å². The Kier molecular flexibility index (Phi) is 10.3. The summed E-state index contributed by atoms with van der Waals surface area (Å²) in [6, 6.07) is 33.3. The summed E-state index contributed by atoms with van der Waals surface area (Å²) in [5, 5.41) is 2.40. The number of nitrogens with zero attached hydrogens (tertiary/aromatic N) is 1. The molecule has 6 nitrogen and oxygen atoms in total. The highest BCUT2D eigenvalue weighted by molar-refractivity contribution is 5.82. The van der Waals surface area contributed by atoms with E-state index in [1.165, 1.54) is 21.9 Å². The molecule has 5 rings (SSSR count). The van der Waals surface area contributed by atoms with Crippen LogP contribution in [0.5, 0.6) is 5.75 Å². The van der Waals surface area contributed by atoms with Gasteiger partial charge in [-0.1, -0.05) is 78.9 Å². The molecule has 1 saturated heterocycles. The Morgan fingerprint density at radius 2 is 1.56 bits per heavy atom. The van der Waals surface area contributed by atoms with Gasteiger partial charge in [-0.2, -0.15) is 0 Å². The van der Waals surface area contributed by atoms with E-state index in [0.717, 1.165) is 24.2 Å². The van der Waals surface area contributed by atoms with Gasteiger partial charge in [0.2, 0.25) is 0 Å². The first kappa shape index (κ1) is 30.6. The summed E-state index contributed by atoms with van der Waals surface area (Å²) in [5.74, 6) is 0.992. The SMILES string of the molecule is CC(C)(C)OC(=O)N1CCC(c2ccc(OCCCOCc3ccccc3)cc2)C(OCc2ccc3ccccc3c2)C1. The van der Waals surface area contributed by atoms with Crippen LogP contribution in [0.25, 0.3) is 10.8 Å². The molecule has 1 fully saturated rings. The van der Waals surface area contributed by atoms with E-state index in [1.54, 1.807) is 4.90 Å². The van der Waals surface area contributed by atoms with Crippen molar-refractivity contribution in [3.05, 3.63) is 114 Å². The molecule has 43 heavy (non-hydrogen) atoms. The van der Waals surface area contributed by atoms with Crippen molar-refractivity contribution in [3.8, 4) is 5.75 Å². The molecule has 0 bridgehead atoms. The van der Waals surface area contributed by atoms with Crippen molar-refractivity contribution in [1.82, 2.24) is 4.90 Å². The summed E-state index contributed by atoms with van der Waals surface area (Å²) in [5.41, 5.74) is 2.93. The minimum absolute atomic E-state index is 0.152. The number of rotatable bonds is 11. The zero-order valence-corrected chi connectivity index (χ0v) is 25.5. The van der Waals surface area contributed by atoms with Gasteiger partial charge in [-0.15, -0.1) is 0 Å². The van der Waals surface area contributed by atoms with Gasteiger partial charge >= 0.3 is 6.09 Å². The number of carbonyl (C=O) groups excluding carboxylic acids is 1. The maximum absolute atomic E-state index is 12.9. The van der Waals surface area contributed by atoms with Crippen molar-refractivity contribution in [3.63, 3.8) is 0 Å². The fourth-order valence-electron chi connectivity index (χ4n) is 5.42. The smallest absolute Gasteiger partial charge is 0.410 e. The zero-order valence-electron chi connectivity index (χ0n) is 25.5. The monoisotopic (exact) mass is 581 g/mol. The molecular formula is C37H43NO5. The summed E-state index contributed by atoms with van der Waals surface area (Å²) in [6.07, 6.45) is 1.16. The lowest BCUT2D eigenvalue weighted by molar-refractivity contribution is -0.0359. The predicted molar refractivity (Wildman–Crippen MR) is 170 cm³/mol. The number of piperidine rings is 1. The number of fused-ring (bicyclic) bond motifs is 1. The van der Waals surface area contributed by atoms with Crippen LogP contribution >= 0.6 is 0 Å². The third-order valence-electron chi connectivity index (χ3n) is 7.61. The molecule has 226 valence electrons. The molecular weight excluding hydrogens is 538 g/mol. The zero-order chi connectivity index (χ0) is 30.1. The average molecular weight is 582 g/mol. The molecule has 1 aliphatic heterocycles. The van der Waals surface area contributed by atoms with Crippen LogP contribution in [0, 0.1) is 0 Å². The van der Waals surface area contributed by atoms with E-state index in [1.807, 2.05) is 57.2 Å². The molecule has 0 radical (unpaired) electrons. The summed E-state index contributed by atoms with van der Waals surface area (Å²) in [4.78, 5) is 14.7. The van der Waals surface area contributed by atoms with Gasteiger partial charge in [0.15, 0.2) is 0 Å². The van der Waals surface area contributed by atoms with Crippen LogP contribution in [0.4, 0.5) is 4.79 Å². The second-order valence-electron chi connectivity index (χ2n) is 12.2. The highest BCUT2D eigenvalue weighted by atomic mass is 16.6. The van der Waals surface area contributed by atoms with Crippen LogP contribution in [-0.4, -0.2) is 49.0 Å². The van der Waals surface area contributed by atoms with Crippen molar-refractivity contribution in [1.29, 1.82) is 0 Å². The highest BCUT2D eigenvalue weighted by Gasteiger charge is 2.35. The van der Waals surface area contributed by atoms with E-state index in [-0.39, 0.29) is 18.1 Å². The van der Waals surface area contributed by atoms with Crippen LogP contribution in [0.15, 0.2) is 97.1 Å². The third-order valence-corrected chi connectivity index (χ3v) is 7.61. The summed E-state index contributed by atoms with van der Waals surface area (Å²) >= 11 is 0. The summed E-state index contributed by atoms with van der Waals surface area (Å²) in [7, 11) is 0. The van der Waals surface area contributed by atoms with Gasteiger partial charge in [0.25, 0.3) is 0 Å². The molecule has 0 aromatic heterocycles. The topological polar surface area (TPSA) is 57.2 Å². The average Bonchev–Trinajstić information content (AvgIpc) is 3.01. The minimum Gasteiger partial charge on any atom is -0.494 e. The molecule has 1 aliphatic rings. The van der Waals surface area contributed by atoms with Crippen molar-refractivity contribution in [2.75, 3.05) is 26.3 Å².